The molecule has 0 spiro atoms. The topological polar surface area (TPSA) is 24.5 Å². The number of methoxy groups -OCH3 is 1. The monoisotopic (exact) mass is 252 g/mol. The van der Waals surface area contributed by atoms with E-state index < -0.39 is 0 Å². The van der Waals surface area contributed by atoms with Gasteiger partial charge in [0.05, 0.1) is 6.10 Å². The highest BCUT2D eigenvalue weighted by atomic mass is 16.5. The minimum absolute atomic E-state index is 0.515. The van der Waals surface area contributed by atoms with Gasteiger partial charge in [0.1, 0.15) is 0 Å². The Balaban J connectivity index is 1.52. The first kappa shape index (κ1) is 12.9. The van der Waals surface area contributed by atoms with Gasteiger partial charge >= 0.3 is 0 Å². The lowest BCUT2D eigenvalue weighted by Crippen LogP contribution is -2.47. The van der Waals surface area contributed by atoms with Crippen LogP contribution in [0.15, 0.2) is 0 Å². The molecule has 18 heavy (non-hydrogen) atoms. The molecule has 3 heteroatoms. The standard InChI is InChI=1S/C15H28N2O/c1-18-15-6-2-4-13(10-15)17-9-3-5-14(17)11-16-12-7-8-12/h12-16H,2-11H2,1H3. The Morgan fingerprint density at radius 2 is 2.00 bits per heavy atom. The zero-order valence-electron chi connectivity index (χ0n) is 11.7. The number of hydrogen-bond donors (Lipinski definition) is 1. The molecule has 1 saturated heterocycles. The summed E-state index contributed by atoms with van der Waals surface area (Å²) in [5, 5.41) is 3.72. The van der Waals surface area contributed by atoms with Gasteiger partial charge in [0.15, 0.2) is 0 Å². The van der Waals surface area contributed by atoms with Crippen molar-refractivity contribution in [3.63, 3.8) is 0 Å². The zero-order chi connectivity index (χ0) is 12.4. The summed E-state index contributed by atoms with van der Waals surface area (Å²) in [5.74, 6) is 0. The highest BCUT2D eigenvalue weighted by molar-refractivity contribution is 4.91. The number of likely N-dealkylation sites (tertiary alicyclic amines) is 1. The van der Waals surface area contributed by atoms with E-state index in [1.165, 1.54) is 64.5 Å². The van der Waals surface area contributed by atoms with Crippen LogP contribution in [0.2, 0.25) is 0 Å². The maximum absolute atomic E-state index is 5.58. The van der Waals surface area contributed by atoms with Crippen LogP contribution in [-0.2, 0) is 4.74 Å². The Labute approximate surface area is 111 Å². The van der Waals surface area contributed by atoms with E-state index in [9.17, 15) is 0 Å². The highest BCUT2D eigenvalue weighted by Gasteiger charge is 2.34. The second kappa shape index (κ2) is 5.89. The van der Waals surface area contributed by atoms with Crippen LogP contribution in [-0.4, -0.2) is 49.3 Å². The number of nitrogens with one attached hydrogen (secondary N) is 1. The predicted octanol–water partition coefficient (Wildman–Crippen LogP) is 2.16. The van der Waals surface area contributed by atoms with Crippen molar-refractivity contribution in [3.05, 3.63) is 0 Å². The largest absolute Gasteiger partial charge is 0.381 e. The van der Waals surface area contributed by atoms with Crippen molar-refractivity contribution < 1.29 is 4.74 Å². The fourth-order valence-electron chi connectivity index (χ4n) is 3.78. The second-order valence-corrected chi connectivity index (χ2v) is 6.39. The van der Waals surface area contributed by atoms with Crippen molar-refractivity contribution in [1.82, 2.24) is 10.2 Å². The third kappa shape index (κ3) is 3.06. The van der Waals surface area contributed by atoms with Crippen molar-refractivity contribution in [2.45, 2.75) is 75.6 Å². The molecule has 3 unspecified atom stereocenters. The van der Waals surface area contributed by atoms with Crippen LogP contribution in [0.1, 0.15) is 51.4 Å². The molecule has 3 atom stereocenters. The average Bonchev–Trinajstić information content (AvgIpc) is 3.13. The summed E-state index contributed by atoms with van der Waals surface area (Å²) < 4.78 is 5.58. The number of nitrogens with zero attached hydrogens (tertiary/aromatic N) is 1. The second-order valence-electron chi connectivity index (χ2n) is 6.39. The van der Waals surface area contributed by atoms with Crippen molar-refractivity contribution in [1.29, 1.82) is 0 Å². The van der Waals surface area contributed by atoms with Crippen LogP contribution in [0.5, 0.6) is 0 Å². The van der Waals surface area contributed by atoms with Gasteiger partial charge < -0.3 is 10.1 Å². The van der Waals surface area contributed by atoms with Crippen LogP contribution in [0.25, 0.3) is 0 Å². The molecule has 104 valence electrons. The molecule has 0 aromatic rings. The Morgan fingerprint density at radius 1 is 1.11 bits per heavy atom. The molecule has 0 bridgehead atoms. The Bertz CT molecular complexity index is 267. The Kier molecular flexibility index (Phi) is 4.22. The lowest BCUT2D eigenvalue weighted by Gasteiger charge is -2.38. The molecule has 3 aliphatic rings. The quantitative estimate of drug-likeness (QED) is 0.811. The fraction of sp³-hybridized carbons (Fsp3) is 1.00. The molecule has 3 nitrogen and oxygen atoms in total. The van der Waals surface area contributed by atoms with E-state index in [2.05, 4.69) is 10.2 Å². The van der Waals surface area contributed by atoms with E-state index in [1.54, 1.807) is 0 Å². The van der Waals surface area contributed by atoms with Crippen LogP contribution < -0.4 is 5.32 Å². The zero-order valence-corrected chi connectivity index (χ0v) is 11.7. The average molecular weight is 252 g/mol. The first-order valence-electron chi connectivity index (χ1n) is 7.88. The van der Waals surface area contributed by atoms with Gasteiger partial charge in [0.2, 0.25) is 0 Å². The van der Waals surface area contributed by atoms with Crippen LogP contribution in [0.3, 0.4) is 0 Å². The summed E-state index contributed by atoms with van der Waals surface area (Å²) in [7, 11) is 1.88. The summed E-state index contributed by atoms with van der Waals surface area (Å²) in [6, 6.07) is 2.44. The number of ether oxygens (including phenoxy) is 1. The van der Waals surface area contributed by atoms with Gasteiger partial charge in [-0.2, -0.15) is 0 Å². The molecule has 1 heterocycles. The van der Waals surface area contributed by atoms with Gasteiger partial charge in [-0.1, -0.05) is 0 Å². The maximum atomic E-state index is 5.58. The lowest BCUT2D eigenvalue weighted by molar-refractivity contribution is 0.0242. The number of hydrogen-bond acceptors (Lipinski definition) is 3. The highest BCUT2D eigenvalue weighted by Crippen LogP contribution is 2.30. The SMILES string of the molecule is COC1CCCC(N2CCCC2CNC2CC2)C1. The molecule has 2 saturated carbocycles. The summed E-state index contributed by atoms with van der Waals surface area (Å²) in [4.78, 5) is 2.79. The van der Waals surface area contributed by atoms with E-state index in [1.807, 2.05) is 7.11 Å². The minimum atomic E-state index is 0.515. The molecule has 3 fully saturated rings. The van der Waals surface area contributed by atoms with E-state index >= 15 is 0 Å². The molecule has 0 aromatic carbocycles. The van der Waals surface area contributed by atoms with Gasteiger partial charge in [-0.05, 0) is 57.9 Å². The smallest absolute Gasteiger partial charge is 0.0586 e. The normalized spacial score (nSPS) is 38.2. The molecule has 0 aromatic heterocycles. The first-order chi connectivity index (χ1) is 8.86. The van der Waals surface area contributed by atoms with Gasteiger partial charge in [-0.25, -0.2) is 0 Å². The fourth-order valence-corrected chi connectivity index (χ4v) is 3.78. The van der Waals surface area contributed by atoms with Crippen molar-refractivity contribution in [2.75, 3.05) is 20.2 Å². The predicted molar refractivity (Wildman–Crippen MR) is 73.8 cm³/mol. The molecule has 0 radical (unpaired) electrons. The third-order valence-corrected chi connectivity index (χ3v) is 5.04. The molecule has 1 N–H and O–H groups in total. The van der Waals surface area contributed by atoms with Crippen molar-refractivity contribution in [3.8, 4) is 0 Å². The summed E-state index contributed by atoms with van der Waals surface area (Å²) in [6.07, 6.45) is 11.4. The summed E-state index contributed by atoms with van der Waals surface area (Å²) in [6.45, 7) is 2.54. The third-order valence-electron chi connectivity index (χ3n) is 5.04. The van der Waals surface area contributed by atoms with Gasteiger partial charge in [-0.3, -0.25) is 4.90 Å². The molecule has 2 aliphatic carbocycles. The number of rotatable bonds is 5. The van der Waals surface area contributed by atoms with Gasteiger partial charge in [-0.15, -0.1) is 0 Å². The summed E-state index contributed by atoms with van der Waals surface area (Å²) in [5.41, 5.74) is 0. The van der Waals surface area contributed by atoms with E-state index in [-0.39, 0.29) is 0 Å². The molecule has 0 amide bonds. The molecular weight excluding hydrogens is 224 g/mol. The molecule has 3 rings (SSSR count). The Hall–Kier alpha value is -0.120. The Morgan fingerprint density at radius 3 is 2.78 bits per heavy atom. The van der Waals surface area contributed by atoms with Gasteiger partial charge in [0, 0.05) is 31.8 Å². The maximum Gasteiger partial charge on any atom is 0.0586 e. The minimum Gasteiger partial charge on any atom is -0.381 e. The lowest BCUT2D eigenvalue weighted by atomic mass is 9.91. The van der Waals surface area contributed by atoms with Gasteiger partial charge in [0.25, 0.3) is 0 Å². The van der Waals surface area contributed by atoms with Crippen LogP contribution >= 0.6 is 0 Å². The molecular formula is C15H28N2O. The first-order valence-corrected chi connectivity index (χ1v) is 7.88. The van der Waals surface area contributed by atoms with Crippen molar-refractivity contribution in [2.24, 2.45) is 0 Å². The van der Waals surface area contributed by atoms with E-state index in [0.29, 0.717) is 6.10 Å². The van der Waals surface area contributed by atoms with Crippen molar-refractivity contribution >= 4 is 0 Å². The molecule has 1 aliphatic heterocycles. The van der Waals surface area contributed by atoms with Crippen LogP contribution in [0.4, 0.5) is 0 Å². The summed E-state index contributed by atoms with van der Waals surface area (Å²) >= 11 is 0. The van der Waals surface area contributed by atoms with E-state index in [4.69, 9.17) is 4.74 Å². The van der Waals surface area contributed by atoms with E-state index in [0.717, 1.165) is 18.1 Å². The van der Waals surface area contributed by atoms with Crippen LogP contribution in [0, 0.1) is 0 Å².